The van der Waals surface area contributed by atoms with Crippen LogP contribution in [-0.4, -0.2) is 41.5 Å². The minimum Gasteiger partial charge on any atom is -0.322 e. The summed E-state index contributed by atoms with van der Waals surface area (Å²) < 4.78 is 0. The first-order chi connectivity index (χ1) is 8.11. The first kappa shape index (κ1) is 14.1. The fourth-order valence-corrected chi connectivity index (χ4v) is 2.24. The maximum absolute atomic E-state index is 12.2. The van der Waals surface area contributed by atoms with E-state index in [-0.39, 0.29) is 12.1 Å². The van der Waals surface area contributed by atoms with Crippen molar-refractivity contribution in [3.63, 3.8) is 0 Å². The highest BCUT2D eigenvalue weighted by Crippen LogP contribution is 2.21. The van der Waals surface area contributed by atoms with Crippen LogP contribution < -0.4 is 0 Å². The number of hydrogen-bond donors (Lipinski definition) is 0. The molecule has 0 N–H and O–H groups in total. The van der Waals surface area contributed by atoms with Crippen LogP contribution in [0.4, 0.5) is 4.79 Å². The van der Waals surface area contributed by atoms with Crippen LogP contribution in [0.1, 0.15) is 46.5 Å². The predicted octanol–water partition coefficient (Wildman–Crippen LogP) is 3.27. The Morgan fingerprint density at radius 3 is 2.41 bits per heavy atom. The van der Waals surface area contributed by atoms with E-state index in [0.717, 1.165) is 50.9 Å². The molecule has 0 aromatic carbocycles. The standard InChI is InChI=1S/C14H26N2O/c1-5-7-9-15-11-13(12(3)4)16(14(15)17)10-8-6-2/h13H,3,5-11H2,1-2,4H3. The van der Waals surface area contributed by atoms with Crippen molar-refractivity contribution in [2.45, 2.75) is 52.5 Å². The fraction of sp³-hybridized carbons (Fsp3) is 0.786. The van der Waals surface area contributed by atoms with Gasteiger partial charge in [0.05, 0.1) is 6.04 Å². The third kappa shape index (κ3) is 3.48. The van der Waals surface area contributed by atoms with Gasteiger partial charge in [-0.25, -0.2) is 4.79 Å². The van der Waals surface area contributed by atoms with E-state index in [4.69, 9.17) is 0 Å². The van der Waals surface area contributed by atoms with E-state index in [2.05, 4.69) is 20.4 Å². The molecule has 1 atom stereocenters. The molecule has 0 radical (unpaired) electrons. The number of amides is 2. The van der Waals surface area contributed by atoms with Crippen LogP contribution in [0.25, 0.3) is 0 Å². The minimum absolute atomic E-state index is 0.208. The molecule has 0 spiro atoms. The predicted molar refractivity (Wildman–Crippen MR) is 72.1 cm³/mol. The van der Waals surface area contributed by atoms with Gasteiger partial charge in [0.2, 0.25) is 0 Å². The number of hydrogen-bond acceptors (Lipinski definition) is 1. The Hall–Kier alpha value is -0.990. The van der Waals surface area contributed by atoms with Gasteiger partial charge >= 0.3 is 6.03 Å². The maximum atomic E-state index is 12.2. The monoisotopic (exact) mass is 238 g/mol. The molecule has 0 bridgehead atoms. The highest BCUT2D eigenvalue weighted by molar-refractivity contribution is 5.77. The van der Waals surface area contributed by atoms with Crippen LogP contribution in [-0.2, 0) is 0 Å². The molecular formula is C14H26N2O. The smallest absolute Gasteiger partial charge is 0.320 e. The summed E-state index contributed by atoms with van der Waals surface area (Å²) in [6.07, 6.45) is 4.44. The minimum atomic E-state index is 0.208. The summed E-state index contributed by atoms with van der Waals surface area (Å²) in [5.41, 5.74) is 1.11. The van der Waals surface area contributed by atoms with Gasteiger partial charge in [-0.2, -0.15) is 0 Å². The lowest BCUT2D eigenvalue weighted by Crippen LogP contribution is -2.36. The maximum Gasteiger partial charge on any atom is 0.320 e. The molecule has 2 amide bonds. The molecule has 1 aliphatic heterocycles. The molecule has 98 valence electrons. The van der Waals surface area contributed by atoms with E-state index in [0.29, 0.717) is 0 Å². The molecule has 1 saturated heterocycles. The summed E-state index contributed by atoms with van der Waals surface area (Å²) in [6, 6.07) is 0.436. The van der Waals surface area contributed by atoms with Crippen LogP contribution in [0.3, 0.4) is 0 Å². The number of carbonyl (C=O) groups excluding carboxylic acids is 1. The van der Waals surface area contributed by atoms with Gasteiger partial charge in [-0.3, -0.25) is 0 Å². The zero-order valence-corrected chi connectivity index (χ0v) is 11.5. The van der Waals surface area contributed by atoms with Crippen molar-refractivity contribution in [3.8, 4) is 0 Å². The lowest BCUT2D eigenvalue weighted by atomic mass is 10.1. The van der Waals surface area contributed by atoms with E-state index >= 15 is 0 Å². The Bertz CT molecular complexity index is 275. The molecule has 1 unspecified atom stereocenters. The van der Waals surface area contributed by atoms with E-state index < -0.39 is 0 Å². The summed E-state index contributed by atoms with van der Waals surface area (Å²) in [5, 5.41) is 0. The fourth-order valence-electron chi connectivity index (χ4n) is 2.24. The SMILES string of the molecule is C=C(C)C1CN(CCCC)C(=O)N1CCCC. The van der Waals surface area contributed by atoms with Gasteiger partial charge in [0.15, 0.2) is 0 Å². The lowest BCUT2D eigenvalue weighted by molar-refractivity contribution is 0.187. The van der Waals surface area contributed by atoms with Crippen LogP contribution in [0, 0.1) is 0 Å². The molecule has 1 aliphatic rings. The van der Waals surface area contributed by atoms with E-state index in [9.17, 15) is 4.79 Å². The topological polar surface area (TPSA) is 23.6 Å². The molecule has 0 aliphatic carbocycles. The summed E-state index contributed by atoms with van der Waals surface area (Å²) >= 11 is 0. The molecule has 3 nitrogen and oxygen atoms in total. The molecule has 1 heterocycles. The molecule has 3 heteroatoms. The molecule has 1 rings (SSSR count). The van der Waals surface area contributed by atoms with E-state index in [1.54, 1.807) is 0 Å². The number of nitrogens with zero attached hydrogens (tertiary/aromatic N) is 2. The second-order valence-electron chi connectivity index (χ2n) is 4.99. The summed E-state index contributed by atoms with van der Waals surface area (Å²) in [7, 11) is 0. The second-order valence-corrected chi connectivity index (χ2v) is 4.99. The van der Waals surface area contributed by atoms with Gasteiger partial charge < -0.3 is 9.80 Å². The normalized spacial score (nSPS) is 20.2. The van der Waals surface area contributed by atoms with Crippen molar-refractivity contribution in [1.82, 2.24) is 9.80 Å². The quantitative estimate of drug-likeness (QED) is 0.624. The first-order valence-electron chi connectivity index (χ1n) is 6.82. The van der Waals surface area contributed by atoms with Gasteiger partial charge in [-0.1, -0.05) is 38.8 Å². The van der Waals surface area contributed by atoms with Crippen LogP contribution >= 0.6 is 0 Å². The van der Waals surface area contributed by atoms with Crippen molar-refractivity contribution in [1.29, 1.82) is 0 Å². The van der Waals surface area contributed by atoms with Crippen LogP contribution in [0.5, 0.6) is 0 Å². The molecule has 0 saturated carbocycles. The van der Waals surface area contributed by atoms with Crippen molar-refractivity contribution in [2.75, 3.05) is 19.6 Å². The average Bonchev–Trinajstić information content (AvgIpc) is 2.61. The lowest BCUT2D eigenvalue weighted by Gasteiger charge is -2.23. The number of urea groups is 1. The third-order valence-corrected chi connectivity index (χ3v) is 3.39. The Labute approximate surface area is 105 Å². The van der Waals surface area contributed by atoms with Gasteiger partial charge in [-0.05, 0) is 19.8 Å². The molecule has 0 aromatic rings. The molecule has 0 aromatic heterocycles. The largest absolute Gasteiger partial charge is 0.322 e. The summed E-state index contributed by atoms with van der Waals surface area (Å²) in [5.74, 6) is 0. The molecule has 17 heavy (non-hydrogen) atoms. The first-order valence-corrected chi connectivity index (χ1v) is 6.82. The molecular weight excluding hydrogens is 212 g/mol. The zero-order valence-electron chi connectivity index (χ0n) is 11.5. The van der Waals surface area contributed by atoms with Gasteiger partial charge in [0.25, 0.3) is 0 Å². The Balaban J connectivity index is 2.64. The Morgan fingerprint density at radius 2 is 1.88 bits per heavy atom. The highest BCUT2D eigenvalue weighted by atomic mass is 16.2. The molecule has 1 fully saturated rings. The van der Waals surface area contributed by atoms with Crippen molar-refractivity contribution >= 4 is 6.03 Å². The van der Waals surface area contributed by atoms with Gasteiger partial charge in [-0.15, -0.1) is 0 Å². The Morgan fingerprint density at radius 1 is 1.29 bits per heavy atom. The number of carbonyl (C=O) groups is 1. The van der Waals surface area contributed by atoms with Crippen LogP contribution in [0.15, 0.2) is 12.2 Å². The number of rotatable bonds is 7. The average molecular weight is 238 g/mol. The van der Waals surface area contributed by atoms with E-state index in [1.807, 2.05) is 16.7 Å². The van der Waals surface area contributed by atoms with E-state index in [1.165, 1.54) is 0 Å². The second kappa shape index (κ2) is 6.67. The van der Waals surface area contributed by atoms with Crippen molar-refractivity contribution < 1.29 is 4.79 Å². The summed E-state index contributed by atoms with van der Waals surface area (Å²) in [6.45, 7) is 13.0. The number of unbranched alkanes of at least 4 members (excludes halogenated alkanes) is 2. The van der Waals surface area contributed by atoms with Crippen LogP contribution in [0.2, 0.25) is 0 Å². The third-order valence-electron chi connectivity index (χ3n) is 3.39. The zero-order chi connectivity index (χ0) is 12.8. The van der Waals surface area contributed by atoms with Gasteiger partial charge in [0.1, 0.15) is 0 Å². The van der Waals surface area contributed by atoms with Gasteiger partial charge in [0, 0.05) is 19.6 Å². The summed E-state index contributed by atoms with van der Waals surface area (Å²) in [4.78, 5) is 16.2. The highest BCUT2D eigenvalue weighted by Gasteiger charge is 2.36. The van der Waals surface area contributed by atoms with Crippen molar-refractivity contribution in [3.05, 3.63) is 12.2 Å². The Kier molecular flexibility index (Phi) is 5.52. The van der Waals surface area contributed by atoms with Crippen molar-refractivity contribution in [2.24, 2.45) is 0 Å².